The summed E-state index contributed by atoms with van der Waals surface area (Å²) in [6.45, 7) is 2.65. The molecule has 46 heavy (non-hydrogen) atoms. The largest absolute Gasteiger partial charge is 0.503 e. The molecule has 0 aliphatic carbocycles. The summed E-state index contributed by atoms with van der Waals surface area (Å²) in [5.74, 6) is -0.539. The number of aromatic nitrogens is 2. The molecule has 0 spiro atoms. The van der Waals surface area contributed by atoms with Gasteiger partial charge in [0.05, 0.1) is 25.3 Å². The summed E-state index contributed by atoms with van der Waals surface area (Å²) in [4.78, 5) is 29.2. The zero-order valence-corrected chi connectivity index (χ0v) is 27.5. The van der Waals surface area contributed by atoms with E-state index in [9.17, 15) is 14.7 Å². The second-order valence-electron chi connectivity index (χ2n) is 10.5. The first kappa shape index (κ1) is 31.7. The molecule has 9 nitrogen and oxygen atoms in total. The summed E-state index contributed by atoms with van der Waals surface area (Å²) in [5, 5.41) is 21.4. The maximum atomic E-state index is 14.1. The highest BCUT2D eigenvalue weighted by molar-refractivity contribution is 8.00. The lowest BCUT2D eigenvalue weighted by Gasteiger charge is -2.24. The molecule has 0 saturated heterocycles. The van der Waals surface area contributed by atoms with E-state index in [1.807, 2.05) is 30.3 Å². The molecule has 5 aromatic rings. The van der Waals surface area contributed by atoms with Crippen LogP contribution >= 0.6 is 34.7 Å². The molecular weight excluding hydrogens is 646 g/mol. The van der Waals surface area contributed by atoms with Crippen LogP contribution < -0.4 is 14.4 Å². The summed E-state index contributed by atoms with van der Waals surface area (Å²) in [5.41, 5.74) is 1.75. The Labute approximate surface area is 278 Å². The number of carbonyl (C=O) groups is 2. The summed E-state index contributed by atoms with van der Waals surface area (Å²) in [6.07, 6.45) is 3.00. The number of fused-ring (bicyclic) bond motifs is 1. The number of amides is 1. The lowest BCUT2D eigenvalue weighted by Crippen LogP contribution is -2.31. The number of anilines is 1. The molecule has 1 N–H and O–H groups in total. The van der Waals surface area contributed by atoms with Crippen LogP contribution in [0.2, 0.25) is 5.02 Å². The van der Waals surface area contributed by atoms with Crippen molar-refractivity contribution in [1.82, 2.24) is 10.2 Å². The molecule has 1 amide bonds. The van der Waals surface area contributed by atoms with Crippen molar-refractivity contribution in [2.45, 2.75) is 42.3 Å². The number of hydrogen-bond donors (Lipinski definition) is 1. The van der Waals surface area contributed by atoms with Gasteiger partial charge in [0, 0.05) is 16.2 Å². The average molecular weight is 676 g/mol. The van der Waals surface area contributed by atoms with Gasteiger partial charge in [0.2, 0.25) is 10.9 Å². The highest BCUT2D eigenvalue weighted by Gasteiger charge is 2.47. The van der Waals surface area contributed by atoms with Crippen molar-refractivity contribution in [3.8, 4) is 11.5 Å². The fourth-order valence-electron chi connectivity index (χ4n) is 5.22. The third-order valence-corrected chi connectivity index (χ3v) is 9.98. The van der Waals surface area contributed by atoms with Crippen LogP contribution in [0.5, 0.6) is 11.5 Å². The number of thioether (sulfide) groups is 1. The maximum Gasteiger partial charge on any atom is 0.296 e. The van der Waals surface area contributed by atoms with Crippen LogP contribution in [0, 0.1) is 0 Å². The molecule has 1 aliphatic heterocycles. The van der Waals surface area contributed by atoms with E-state index in [1.54, 1.807) is 42.5 Å². The van der Waals surface area contributed by atoms with E-state index in [-0.39, 0.29) is 16.5 Å². The van der Waals surface area contributed by atoms with E-state index in [4.69, 9.17) is 25.5 Å². The van der Waals surface area contributed by atoms with Crippen molar-refractivity contribution < 1.29 is 28.6 Å². The molecule has 2 aromatic heterocycles. The lowest BCUT2D eigenvalue weighted by atomic mass is 9.95. The minimum absolute atomic E-state index is 0.0408. The van der Waals surface area contributed by atoms with Gasteiger partial charge in [0.1, 0.15) is 5.75 Å². The Bertz CT molecular complexity index is 1940. The zero-order valence-electron chi connectivity index (χ0n) is 25.1. The number of carbonyl (C=O) groups excluding carboxylic acids is 2. The van der Waals surface area contributed by atoms with E-state index >= 15 is 0 Å². The van der Waals surface area contributed by atoms with Crippen molar-refractivity contribution in [3.63, 3.8) is 0 Å². The van der Waals surface area contributed by atoms with Crippen molar-refractivity contribution in [2.24, 2.45) is 0 Å². The number of nitrogens with zero attached hydrogens (tertiary/aromatic N) is 3. The first-order valence-electron chi connectivity index (χ1n) is 14.7. The van der Waals surface area contributed by atoms with Crippen LogP contribution in [-0.2, 0) is 10.5 Å². The van der Waals surface area contributed by atoms with Crippen LogP contribution in [0.15, 0.2) is 92.9 Å². The number of methoxy groups -OCH3 is 1. The molecule has 236 valence electrons. The van der Waals surface area contributed by atoms with Gasteiger partial charge in [-0.15, -0.1) is 10.2 Å². The number of ether oxygens (including phenoxy) is 2. The number of para-hydroxylation sites is 1. The minimum Gasteiger partial charge on any atom is -0.503 e. The number of halogens is 1. The van der Waals surface area contributed by atoms with Crippen LogP contribution in [0.25, 0.3) is 11.0 Å². The second-order valence-corrected chi connectivity index (χ2v) is 13.1. The number of benzene rings is 3. The molecule has 1 atom stereocenters. The van der Waals surface area contributed by atoms with Gasteiger partial charge in [0.15, 0.2) is 27.2 Å². The normalized spacial score (nSPS) is 14.8. The highest BCUT2D eigenvalue weighted by atomic mass is 35.5. The molecular formula is C34H30ClN3O6S2. The van der Waals surface area contributed by atoms with E-state index in [1.165, 1.54) is 35.1 Å². The van der Waals surface area contributed by atoms with Gasteiger partial charge in [-0.25, -0.2) is 0 Å². The zero-order chi connectivity index (χ0) is 32.2. The summed E-state index contributed by atoms with van der Waals surface area (Å²) >= 11 is 8.94. The first-order valence-corrected chi connectivity index (χ1v) is 16.9. The molecule has 0 radical (unpaired) electrons. The predicted octanol–water partition coefficient (Wildman–Crippen LogP) is 8.59. The van der Waals surface area contributed by atoms with E-state index in [0.717, 1.165) is 24.8 Å². The summed E-state index contributed by atoms with van der Waals surface area (Å²) in [7, 11) is 1.51. The Balaban J connectivity index is 1.37. The Morgan fingerprint density at radius 3 is 2.72 bits per heavy atom. The minimum atomic E-state index is -1.02. The summed E-state index contributed by atoms with van der Waals surface area (Å²) in [6, 6.07) is 20.6. The van der Waals surface area contributed by atoms with Crippen molar-refractivity contribution >= 4 is 62.5 Å². The van der Waals surface area contributed by atoms with Crippen molar-refractivity contribution in [3.05, 3.63) is 106 Å². The topological polar surface area (TPSA) is 115 Å². The van der Waals surface area contributed by atoms with Gasteiger partial charge in [-0.2, -0.15) is 0 Å². The number of Topliss-reactive ketones (excluding diaryl/α,β-unsaturated/α-hetero) is 1. The molecule has 3 aromatic carbocycles. The number of aliphatic hydroxyl groups is 1. The third kappa shape index (κ3) is 6.35. The van der Waals surface area contributed by atoms with Crippen molar-refractivity contribution in [1.29, 1.82) is 0 Å². The van der Waals surface area contributed by atoms with Gasteiger partial charge >= 0.3 is 0 Å². The number of rotatable bonds is 13. The molecule has 1 aliphatic rings. The van der Waals surface area contributed by atoms with Crippen LogP contribution in [-0.4, -0.2) is 40.7 Å². The Kier molecular flexibility index (Phi) is 9.62. The van der Waals surface area contributed by atoms with Gasteiger partial charge in [0.25, 0.3) is 5.91 Å². The number of ketones is 1. The quantitative estimate of drug-likeness (QED) is 0.0567. The molecule has 0 saturated carbocycles. The van der Waals surface area contributed by atoms with Gasteiger partial charge in [-0.1, -0.05) is 96.9 Å². The number of furan rings is 1. The van der Waals surface area contributed by atoms with Crippen LogP contribution in [0.4, 0.5) is 5.13 Å². The molecule has 3 heterocycles. The summed E-state index contributed by atoms with van der Waals surface area (Å²) < 4.78 is 17.9. The monoisotopic (exact) mass is 675 g/mol. The number of unbranched alkanes of at least 4 members (excludes halogenated alkanes) is 2. The molecule has 6 rings (SSSR count). The molecule has 0 bridgehead atoms. The standard InChI is InChI=1S/C34H30ClN3O6S2/c1-3-4-7-16-43-23-13-8-11-20(17-23)28-27(29(39)26-18-21-12-9-15-25(42-2)31(21)44-26)30(40)32(41)38(28)33-36-37-34(46-33)45-19-22-10-5-6-14-24(22)35/h5-6,8-15,17-18,28,40H,3-4,7,16,19H2,1-2H3. The lowest BCUT2D eigenvalue weighted by molar-refractivity contribution is -0.117. The fourth-order valence-corrected chi connectivity index (χ4v) is 7.37. The van der Waals surface area contributed by atoms with Crippen LogP contribution in [0.3, 0.4) is 0 Å². The SMILES string of the molecule is CCCCCOc1cccc(C2C(C(=O)c3cc4cccc(OC)c4o3)=C(O)C(=O)N2c2nnc(SCc3ccccc3Cl)s2)c1. The maximum absolute atomic E-state index is 14.1. The van der Waals surface area contributed by atoms with Gasteiger partial charge in [-0.3, -0.25) is 14.5 Å². The average Bonchev–Trinajstić information content (AvgIpc) is 3.79. The van der Waals surface area contributed by atoms with Crippen molar-refractivity contribution in [2.75, 3.05) is 18.6 Å². The molecule has 0 fully saturated rings. The smallest absolute Gasteiger partial charge is 0.296 e. The number of hydrogen-bond acceptors (Lipinski definition) is 10. The second kappa shape index (κ2) is 14.0. The Morgan fingerprint density at radius 1 is 1.09 bits per heavy atom. The third-order valence-electron chi connectivity index (χ3n) is 7.51. The van der Waals surface area contributed by atoms with Crippen LogP contribution in [0.1, 0.15) is 53.9 Å². The Hall–Kier alpha value is -4.32. The fraction of sp³-hybridized carbons (Fsp3) is 0.235. The van der Waals surface area contributed by atoms with Gasteiger partial charge < -0.3 is 19.0 Å². The molecule has 12 heteroatoms. The highest BCUT2D eigenvalue weighted by Crippen LogP contribution is 2.45. The Morgan fingerprint density at radius 2 is 1.91 bits per heavy atom. The van der Waals surface area contributed by atoms with E-state index in [0.29, 0.717) is 49.8 Å². The number of aliphatic hydroxyl groups excluding tert-OH is 1. The van der Waals surface area contributed by atoms with E-state index in [2.05, 4.69) is 17.1 Å². The molecule has 1 unspecified atom stereocenters. The van der Waals surface area contributed by atoms with E-state index < -0.39 is 23.5 Å². The first-order chi connectivity index (χ1) is 22.4. The predicted molar refractivity (Wildman–Crippen MR) is 179 cm³/mol. The van der Waals surface area contributed by atoms with Gasteiger partial charge in [-0.05, 0) is 47.9 Å².